The number of nitrogens with one attached hydrogen (secondary N) is 1. The fraction of sp³-hybridized carbons (Fsp3) is 0.276. The van der Waals surface area contributed by atoms with Crippen LogP contribution in [0.3, 0.4) is 0 Å². The van der Waals surface area contributed by atoms with E-state index in [4.69, 9.17) is 4.74 Å². The zero-order valence-corrected chi connectivity index (χ0v) is 23.5. The molecule has 2 unspecified atom stereocenters. The number of amides is 1. The lowest BCUT2D eigenvalue weighted by Crippen LogP contribution is -2.38. The summed E-state index contributed by atoms with van der Waals surface area (Å²) in [5.74, 6) is -3.03. The van der Waals surface area contributed by atoms with E-state index in [1.54, 1.807) is 57.5 Å². The summed E-state index contributed by atoms with van der Waals surface area (Å²) in [4.78, 5) is 14.5. The first-order chi connectivity index (χ1) is 20.4. The molecule has 3 aromatic carbocycles. The number of para-hydroxylation sites is 2. The van der Waals surface area contributed by atoms with Crippen molar-refractivity contribution in [2.75, 3.05) is 23.3 Å². The first-order valence-corrected chi connectivity index (χ1v) is 13.3. The van der Waals surface area contributed by atoms with E-state index in [0.717, 1.165) is 24.3 Å². The average Bonchev–Trinajstić information content (AvgIpc) is 3.57. The maximum Gasteiger partial charge on any atom is 0.412 e. The van der Waals surface area contributed by atoms with Crippen LogP contribution in [0.2, 0.25) is 0 Å². The quantitative estimate of drug-likeness (QED) is 0.231. The molecule has 14 heteroatoms. The fourth-order valence-electron chi connectivity index (χ4n) is 4.44. The number of rotatable bonds is 8. The Bertz CT molecular complexity index is 1580. The van der Waals surface area contributed by atoms with Crippen LogP contribution in [0.4, 0.5) is 45.1 Å². The second-order valence-electron chi connectivity index (χ2n) is 10.8. The number of halogens is 4. The van der Waals surface area contributed by atoms with Crippen molar-refractivity contribution in [3.8, 4) is 0 Å². The lowest BCUT2D eigenvalue weighted by atomic mass is 10.2. The highest BCUT2D eigenvalue weighted by Gasteiger charge is 2.33. The molecule has 1 amide bonds. The van der Waals surface area contributed by atoms with Crippen LogP contribution in [-0.4, -0.2) is 58.7 Å². The molecule has 3 aromatic rings. The third-order valence-electron chi connectivity index (χ3n) is 6.23. The lowest BCUT2D eigenvalue weighted by molar-refractivity contribution is -0.446. The molecule has 0 fully saturated rings. The van der Waals surface area contributed by atoms with Crippen molar-refractivity contribution in [2.45, 2.75) is 38.5 Å². The molecule has 2 atom stereocenters. The summed E-state index contributed by atoms with van der Waals surface area (Å²) in [5.41, 5.74) is 0.347. The molecule has 0 saturated heterocycles. The molecule has 0 aliphatic carbocycles. The van der Waals surface area contributed by atoms with Crippen molar-refractivity contribution in [3.05, 3.63) is 83.9 Å². The molecule has 0 aromatic heterocycles. The van der Waals surface area contributed by atoms with E-state index in [1.807, 2.05) is 4.90 Å². The Morgan fingerprint density at radius 1 is 0.837 bits per heavy atom. The van der Waals surface area contributed by atoms with E-state index < -0.39 is 47.0 Å². The Labute approximate surface area is 244 Å². The number of hydrogen-bond acceptors (Lipinski definition) is 7. The number of carbonyl (C=O) groups excluding carboxylic acids is 1. The second kappa shape index (κ2) is 12.1. The molecule has 5 rings (SSSR count). The topological polar surface area (TPSA) is 97.0 Å². The number of hydrogen-bond donors (Lipinski definition) is 1. The molecule has 0 saturated carbocycles. The third kappa shape index (κ3) is 7.26. The molecule has 0 spiro atoms. The molecular weight excluding hydrogens is 568 g/mol. The van der Waals surface area contributed by atoms with Gasteiger partial charge >= 0.3 is 6.09 Å². The normalized spacial score (nSPS) is 17.6. The largest absolute Gasteiger partial charge is 0.444 e. The van der Waals surface area contributed by atoms with E-state index in [1.165, 1.54) is 21.5 Å². The van der Waals surface area contributed by atoms with Gasteiger partial charge < -0.3 is 9.64 Å². The first kappa shape index (κ1) is 29.5. The predicted octanol–water partition coefficient (Wildman–Crippen LogP) is 6.73. The molecule has 222 valence electrons. The van der Waals surface area contributed by atoms with Crippen molar-refractivity contribution in [3.63, 3.8) is 0 Å². The van der Waals surface area contributed by atoms with Crippen molar-refractivity contribution >= 4 is 41.3 Å². The van der Waals surface area contributed by atoms with Crippen LogP contribution in [0.5, 0.6) is 0 Å². The monoisotopic (exact) mass is 596 g/mol. The molecular formula is C29H28F4N8O2+2. The minimum Gasteiger partial charge on any atom is -0.444 e. The zero-order valence-electron chi connectivity index (χ0n) is 23.5. The number of carbonyl (C=O) groups is 1. The van der Waals surface area contributed by atoms with Gasteiger partial charge in [0, 0.05) is 22.4 Å². The van der Waals surface area contributed by atoms with Gasteiger partial charge in [-0.05, 0) is 57.2 Å². The molecule has 1 N–H and O–H groups in total. The van der Waals surface area contributed by atoms with Gasteiger partial charge in [-0.3, -0.25) is 5.32 Å². The van der Waals surface area contributed by atoms with E-state index in [-0.39, 0.29) is 24.5 Å². The summed E-state index contributed by atoms with van der Waals surface area (Å²) >= 11 is 0. The van der Waals surface area contributed by atoms with Crippen LogP contribution >= 0.6 is 0 Å². The average molecular weight is 597 g/mol. The lowest BCUT2D eigenvalue weighted by Gasteiger charge is -2.27. The van der Waals surface area contributed by atoms with Gasteiger partial charge in [0.15, 0.2) is 35.4 Å². The third-order valence-corrected chi connectivity index (χ3v) is 6.23. The Hall–Kier alpha value is -5.01. The maximum atomic E-state index is 14.4. The van der Waals surface area contributed by atoms with Gasteiger partial charge in [-0.1, -0.05) is 21.5 Å². The Morgan fingerprint density at radius 3 is 1.84 bits per heavy atom. The van der Waals surface area contributed by atoms with Crippen LogP contribution in [0.15, 0.2) is 81.3 Å². The van der Waals surface area contributed by atoms with Gasteiger partial charge in [0.25, 0.3) is 0 Å². The van der Waals surface area contributed by atoms with Gasteiger partial charge in [0.1, 0.15) is 27.7 Å². The van der Waals surface area contributed by atoms with E-state index in [9.17, 15) is 22.4 Å². The summed E-state index contributed by atoms with van der Waals surface area (Å²) in [6.45, 7) is 5.63. The van der Waals surface area contributed by atoms with Gasteiger partial charge in [0.05, 0.1) is 24.5 Å². The predicted molar refractivity (Wildman–Crippen MR) is 150 cm³/mol. The summed E-state index contributed by atoms with van der Waals surface area (Å²) in [6.07, 6.45) is 2.50. The maximum absolute atomic E-state index is 14.4. The van der Waals surface area contributed by atoms with E-state index >= 15 is 0 Å². The van der Waals surface area contributed by atoms with Crippen molar-refractivity contribution < 1.29 is 36.5 Å². The molecule has 2 aliphatic heterocycles. The molecule has 2 aliphatic rings. The van der Waals surface area contributed by atoms with Gasteiger partial charge in [0.2, 0.25) is 12.1 Å². The van der Waals surface area contributed by atoms with E-state index in [0.29, 0.717) is 11.4 Å². The minimum absolute atomic E-state index is 0.0288. The molecule has 0 bridgehead atoms. The number of nitrogens with zero attached hydrogens (tertiary/aromatic N) is 7. The van der Waals surface area contributed by atoms with Crippen LogP contribution in [0, 0.1) is 23.3 Å². The van der Waals surface area contributed by atoms with Crippen molar-refractivity contribution in [1.29, 1.82) is 0 Å². The van der Waals surface area contributed by atoms with E-state index in [2.05, 4.69) is 26.0 Å². The Balaban J connectivity index is 1.43. The van der Waals surface area contributed by atoms with Crippen LogP contribution in [-0.2, 0) is 4.74 Å². The van der Waals surface area contributed by atoms with Crippen LogP contribution < -0.4 is 10.2 Å². The number of benzene rings is 3. The summed E-state index contributed by atoms with van der Waals surface area (Å²) in [5, 5.41) is 19.3. The highest BCUT2D eigenvalue weighted by atomic mass is 19.1. The Kier molecular flexibility index (Phi) is 8.28. The molecule has 43 heavy (non-hydrogen) atoms. The summed E-state index contributed by atoms with van der Waals surface area (Å²) < 4.78 is 63.5. The first-order valence-electron chi connectivity index (χ1n) is 13.3. The number of ether oxygens (including phenoxy) is 1. The highest BCUT2D eigenvalue weighted by Crippen LogP contribution is 2.29. The zero-order chi connectivity index (χ0) is 30.7. The fourth-order valence-corrected chi connectivity index (χ4v) is 4.44. The highest BCUT2D eigenvalue weighted by molar-refractivity contribution is 5.90. The van der Waals surface area contributed by atoms with Gasteiger partial charge in [-0.15, -0.1) is 0 Å². The minimum atomic E-state index is -0.798. The second-order valence-corrected chi connectivity index (χ2v) is 10.8. The summed E-state index contributed by atoms with van der Waals surface area (Å²) in [6, 6.07) is 12.1. The van der Waals surface area contributed by atoms with Gasteiger partial charge in [-0.25, -0.2) is 22.4 Å². The summed E-state index contributed by atoms with van der Waals surface area (Å²) in [7, 11) is 0. The molecule has 0 radical (unpaired) electrons. The van der Waals surface area contributed by atoms with Gasteiger partial charge in [-0.2, -0.15) is 0 Å². The SMILES string of the molecule is CC(C)(C)OC(=O)Nc1ccccc1N(CC1C=[N+](c2ccc(F)cc2F)N=N1)CC1C=[N+](c2ccc(F)cc2F)N=N1. The van der Waals surface area contributed by atoms with Crippen LogP contribution in [0.25, 0.3) is 0 Å². The molecule has 10 nitrogen and oxygen atoms in total. The van der Waals surface area contributed by atoms with Crippen LogP contribution in [0.1, 0.15) is 20.8 Å². The number of anilines is 2. The molecule has 2 heterocycles. The van der Waals surface area contributed by atoms with Crippen molar-refractivity contribution in [2.24, 2.45) is 20.7 Å². The smallest absolute Gasteiger partial charge is 0.412 e. The standard InChI is InChI=1S/C29H27F4N8O2/c1-29(2,3)43-28(42)34-24-6-4-5-7-27(24)39(14-20-16-40(37-35-20)25-10-8-18(30)12-22(25)32)15-21-17-41(38-36-21)26-11-9-19(31)13-23(26)33/h4-13,16-17,20-21H,14-15H2,1-3H3/q+1/p+1. The van der Waals surface area contributed by atoms with Crippen molar-refractivity contribution in [1.82, 2.24) is 0 Å². The Morgan fingerprint density at radius 2 is 1.35 bits per heavy atom.